The van der Waals surface area contributed by atoms with Crippen LogP contribution in [0.3, 0.4) is 0 Å². The first-order chi connectivity index (χ1) is 21.1. The molecule has 240 valence electrons. The van der Waals surface area contributed by atoms with Crippen molar-refractivity contribution >= 4 is 17.7 Å². The second-order valence-corrected chi connectivity index (χ2v) is 13.7. The zero-order chi connectivity index (χ0) is 32.3. The molecular weight excluding hydrogens is 585 g/mol. The van der Waals surface area contributed by atoms with Crippen molar-refractivity contribution in [2.45, 2.75) is 70.8 Å². The summed E-state index contributed by atoms with van der Waals surface area (Å²) < 4.78 is 50.6. The Morgan fingerprint density at radius 1 is 1.07 bits per heavy atom. The van der Waals surface area contributed by atoms with Gasteiger partial charge in [-0.25, -0.2) is 4.79 Å². The fourth-order valence-corrected chi connectivity index (χ4v) is 7.06. The first-order valence-electron chi connectivity index (χ1n) is 15.3. The zero-order valence-corrected chi connectivity index (χ0v) is 26.3. The molecule has 0 N–H and O–H groups in total. The van der Waals surface area contributed by atoms with E-state index in [0.717, 1.165) is 24.2 Å². The van der Waals surface area contributed by atoms with E-state index in [2.05, 4.69) is 17.1 Å². The average Bonchev–Trinajstić information content (AvgIpc) is 3.52. The van der Waals surface area contributed by atoms with Crippen LogP contribution < -0.4 is 4.90 Å². The predicted molar refractivity (Wildman–Crippen MR) is 162 cm³/mol. The Labute approximate surface area is 261 Å². The number of piperazine rings is 1. The number of hydrogen-bond acceptors (Lipinski definition) is 6. The maximum atomic E-state index is 14.4. The summed E-state index contributed by atoms with van der Waals surface area (Å²) in [5, 5.41) is 8.48. The summed E-state index contributed by atoms with van der Waals surface area (Å²) >= 11 is 0. The van der Waals surface area contributed by atoms with Gasteiger partial charge in [-0.3, -0.25) is 9.69 Å². The number of amides is 2. The number of anilines is 1. The van der Waals surface area contributed by atoms with Crippen LogP contribution in [0.2, 0.25) is 0 Å². The Hall–Kier alpha value is -3.93. The number of halogens is 3. The van der Waals surface area contributed by atoms with Gasteiger partial charge in [-0.05, 0) is 80.5 Å². The minimum absolute atomic E-state index is 0.00308. The number of alkyl halides is 3. The maximum Gasteiger partial charge on any atom is 0.416 e. The summed E-state index contributed by atoms with van der Waals surface area (Å²) in [6, 6.07) is 10.3. The van der Waals surface area contributed by atoms with Gasteiger partial charge in [0.05, 0.1) is 17.5 Å². The van der Waals surface area contributed by atoms with Crippen molar-refractivity contribution in [3.63, 3.8) is 0 Å². The molecule has 2 aromatic carbocycles. The third kappa shape index (κ3) is 5.92. The van der Waals surface area contributed by atoms with Gasteiger partial charge in [0.15, 0.2) is 0 Å². The lowest BCUT2D eigenvalue weighted by Crippen LogP contribution is -2.49. The quantitative estimate of drug-likeness (QED) is 0.359. The van der Waals surface area contributed by atoms with Gasteiger partial charge in [0.1, 0.15) is 17.8 Å². The average molecular weight is 625 g/mol. The van der Waals surface area contributed by atoms with Crippen molar-refractivity contribution in [2.75, 3.05) is 31.1 Å². The van der Waals surface area contributed by atoms with Crippen LogP contribution in [0.15, 0.2) is 42.7 Å². The first kappa shape index (κ1) is 31.1. The Morgan fingerprint density at radius 3 is 2.38 bits per heavy atom. The number of hydrogen-bond donors (Lipinski definition) is 0. The van der Waals surface area contributed by atoms with E-state index in [0.29, 0.717) is 43.3 Å². The molecule has 0 radical (unpaired) electrons. The summed E-state index contributed by atoms with van der Waals surface area (Å²) in [5.41, 5.74) is 0.270. The Bertz CT molecular complexity index is 1610. The minimum Gasteiger partial charge on any atom is -0.444 e. The second-order valence-electron chi connectivity index (χ2n) is 13.7. The van der Waals surface area contributed by atoms with Crippen LogP contribution in [0.1, 0.15) is 79.0 Å². The van der Waals surface area contributed by atoms with Crippen molar-refractivity contribution in [2.24, 2.45) is 13.0 Å². The molecule has 6 rings (SSSR count). The van der Waals surface area contributed by atoms with Crippen LogP contribution in [0.5, 0.6) is 0 Å². The summed E-state index contributed by atoms with van der Waals surface area (Å²) in [7, 11) is 1.90. The summed E-state index contributed by atoms with van der Waals surface area (Å²) in [4.78, 5) is 31.3. The van der Waals surface area contributed by atoms with E-state index in [1.54, 1.807) is 44.1 Å². The highest BCUT2D eigenvalue weighted by atomic mass is 19.4. The molecule has 3 aromatic rings. The van der Waals surface area contributed by atoms with E-state index in [1.807, 2.05) is 34.7 Å². The van der Waals surface area contributed by atoms with Gasteiger partial charge in [0.25, 0.3) is 5.91 Å². The molecule has 3 aliphatic rings. The van der Waals surface area contributed by atoms with E-state index < -0.39 is 29.3 Å². The molecule has 1 saturated heterocycles. The van der Waals surface area contributed by atoms with E-state index in [9.17, 15) is 22.8 Å². The molecule has 1 aromatic heterocycles. The normalized spacial score (nSPS) is 22.4. The molecule has 3 heterocycles. The maximum absolute atomic E-state index is 14.4. The highest BCUT2D eigenvalue weighted by molar-refractivity contribution is 6.10. The second kappa shape index (κ2) is 11.1. The zero-order valence-electron chi connectivity index (χ0n) is 26.3. The molecule has 2 fully saturated rings. The number of ether oxygens (including phenoxy) is 1. The number of benzene rings is 2. The molecule has 1 saturated carbocycles. The number of aryl methyl sites for hydroxylation is 1. The fourth-order valence-electron chi connectivity index (χ4n) is 7.06. The molecule has 0 spiro atoms. The molecule has 45 heavy (non-hydrogen) atoms. The van der Waals surface area contributed by atoms with E-state index in [4.69, 9.17) is 4.74 Å². The predicted octanol–water partition coefficient (Wildman–Crippen LogP) is 5.76. The number of nitrogens with zero attached hydrogens (tertiary/aromatic N) is 6. The van der Waals surface area contributed by atoms with Gasteiger partial charge in [-0.15, -0.1) is 10.2 Å². The van der Waals surface area contributed by atoms with Crippen LogP contribution in [0.4, 0.5) is 23.7 Å². The van der Waals surface area contributed by atoms with Gasteiger partial charge >= 0.3 is 12.3 Å². The SMILES string of the molecule is CC1CC(c2cccc(N3Cc4c(cc(CN5CCN(C(=O)OC(C)(C)C)CC5)cc4C(F)(F)F)C3=O)c2)(c2nncn2C)C1. The van der Waals surface area contributed by atoms with Crippen molar-refractivity contribution in [3.05, 3.63) is 76.4 Å². The van der Waals surface area contributed by atoms with E-state index in [1.165, 1.54) is 11.0 Å². The van der Waals surface area contributed by atoms with Crippen LogP contribution in [0, 0.1) is 5.92 Å². The number of rotatable bonds is 5. The molecule has 9 nitrogen and oxygen atoms in total. The van der Waals surface area contributed by atoms with Gasteiger partial charge in [0, 0.05) is 51.0 Å². The third-order valence-corrected chi connectivity index (χ3v) is 9.08. The molecule has 0 unspecified atom stereocenters. The summed E-state index contributed by atoms with van der Waals surface area (Å²) in [6.45, 7) is 9.44. The number of fused-ring (bicyclic) bond motifs is 1. The molecule has 2 amide bonds. The lowest BCUT2D eigenvalue weighted by Gasteiger charge is -2.46. The highest BCUT2D eigenvalue weighted by Crippen LogP contribution is 2.52. The molecular formula is C33H39F3N6O3. The largest absolute Gasteiger partial charge is 0.444 e. The minimum atomic E-state index is -4.62. The third-order valence-electron chi connectivity index (χ3n) is 9.08. The van der Waals surface area contributed by atoms with Gasteiger partial charge in [-0.1, -0.05) is 19.1 Å². The van der Waals surface area contributed by atoms with Crippen molar-refractivity contribution < 1.29 is 27.5 Å². The van der Waals surface area contributed by atoms with Crippen LogP contribution in [0.25, 0.3) is 0 Å². The molecule has 0 atom stereocenters. The fraction of sp³-hybridized carbons (Fsp3) is 0.515. The topological polar surface area (TPSA) is 83.8 Å². The van der Waals surface area contributed by atoms with Crippen LogP contribution in [-0.4, -0.2) is 68.3 Å². The van der Waals surface area contributed by atoms with Crippen molar-refractivity contribution in [1.29, 1.82) is 0 Å². The molecule has 12 heteroatoms. The van der Waals surface area contributed by atoms with Crippen molar-refractivity contribution in [3.8, 4) is 0 Å². The first-order valence-corrected chi connectivity index (χ1v) is 15.3. The van der Waals surface area contributed by atoms with Crippen LogP contribution >= 0.6 is 0 Å². The number of carbonyl (C=O) groups excluding carboxylic acids is 2. The molecule has 0 bridgehead atoms. The molecule has 1 aliphatic carbocycles. The Morgan fingerprint density at radius 2 is 1.78 bits per heavy atom. The number of aromatic nitrogens is 3. The van der Waals surface area contributed by atoms with Gasteiger partial charge in [0.2, 0.25) is 0 Å². The standard InChI is InChI=1S/C33H39F3N6O3/c1-21-16-32(17-21,29-38-37-20-39(29)5)23-7-6-8-24(15-23)42-19-26-25(28(42)43)13-22(14-27(26)33(34,35)36)18-40-9-11-41(12-10-40)30(44)45-31(2,3)4/h6-8,13-15,20-21H,9-12,16-19H2,1-5H3. The lowest BCUT2D eigenvalue weighted by atomic mass is 9.58. The lowest BCUT2D eigenvalue weighted by molar-refractivity contribution is -0.138. The van der Waals surface area contributed by atoms with E-state index in [-0.39, 0.29) is 29.6 Å². The number of carbonyl (C=O) groups is 2. The van der Waals surface area contributed by atoms with Gasteiger partial charge < -0.3 is 19.1 Å². The van der Waals surface area contributed by atoms with E-state index >= 15 is 0 Å². The highest BCUT2D eigenvalue weighted by Gasteiger charge is 2.48. The monoisotopic (exact) mass is 624 g/mol. The van der Waals surface area contributed by atoms with Gasteiger partial charge in [-0.2, -0.15) is 13.2 Å². The smallest absolute Gasteiger partial charge is 0.416 e. The summed E-state index contributed by atoms with van der Waals surface area (Å²) in [6.07, 6.45) is -1.62. The Balaban J connectivity index is 1.24. The van der Waals surface area contributed by atoms with Crippen molar-refractivity contribution in [1.82, 2.24) is 24.6 Å². The Kier molecular flexibility index (Phi) is 7.70. The molecule has 2 aliphatic heterocycles. The van der Waals surface area contributed by atoms with Crippen LogP contribution in [-0.2, 0) is 36.5 Å². The summed E-state index contributed by atoms with van der Waals surface area (Å²) in [5.74, 6) is 0.875.